The van der Waals surface area contributed by atoms with Crippen LogP contribution in [0.1, 0.15) is 60.5 Å². The average molecular weight is 354 g/mol. The molecule has 0 fully saturated rings. The van der Waals surface area contributed by atoms with Gasteiger partial charge in [0.2, 0.25) is 0 Å². The predicted molar refractivity (Wildman–Crippen MR) is 108 cm³/mol. The van der Waals surface area contributed by atoms with Crippen LogP contribution in [0.3, 0.4) is 0 Å². The first-order valence-electron chi connectivity index (χ1n) is 9.47. The summed E-state index contributed by atoms with van der Waals surface area (Å²) in [6.07, 6.45) is 0.979. The number of hydrogen-bond acceptors (Lipinski definition) is 2. The van der Waals surface area contributed by atoms with Crippen molar-refractivity contribution in [2.24, 2.45) is 0 Å². The van der Waals surface area contributed by atoms with Crippen molar-refractivity contribution < 1.29 is 9.53 Å². The smallest absolute Gasteiger partial charge is 0.261 e. The first kappa shape index (κ1) is 20.0. The fourth-order valence-electron chi connectivity index (χ4n) is 2.99. The molecule has 0 saturated carbocycles. The maximum Gasteiger partial charge on any atom is 0.261 e. The maximum absolute atomic E-state index is 12.8. The lowest BCUT2D eigenvalue weighted by Gasteiger charge is -2.23. The van der Waals surface area contributed by atoms with Crippen LogP contribution in [0.4, 0.5) is 0 Å². The number of carbonyl (C=O) groups excluding carboxylic acids is 1. The molecule has 0 saturated heterocycles. The minimum absolute atomic E-state index is 0.00180. The molecule has 0 aromatic heterocycles. The van der Waals surface area contributed by atoms with E-state index in [1.807, 2.05) is 26.0 Å². The van der Waals surface area contributed by atoms with E-state index in [1.165, 1.54) is 16.7 Å². The summed E-state index contributed by atoms with van der Waals surface area (Å²) in [4.78, 5) is 12.8. The molecule has 0 aliphatic carbocycles. The number of benzene rings is 2. The molecule has 26 heavy (non-hydrogen) atoms. The van der Waals surface area contributed by atoms with Gasteiger partial charge in [0.1, 0.15) is 5.75 Å². The van der Waals surface area contributed by atoms with Crippen molar-refractivity contribution in [1.29, 1.82) is 0 Å². The van der Waals surface area contributed by atoms with Gasteiger partial charge in [0.25, 0.3) is 5.91 Å². The monoisotopic (exact) mass is 353 g/mol. The molecule has 2 aromatic rings. The first-order valence-corrected chi connectivity index (χ1v) is 9.47. The number of nitrogens with one attached hydrogen (secondary N) is 1. The standard InChI is InChI=1S/C23H31NO2/c1-7-20(19-13-12-15(3)17(5)14-19)24-23(25)21(8-2)26-22-11-9-10-16(4)18(22)6/h9-14,20-21H,7-8H2,1-6H3,(H,24,25)/t20-,21+/m1/s1. The Bertz CT molecular complexity index is 767. The van der Waals surface area contributed by atoms with E-state index < -0.39 is 6.10 Å². The van der Waals surface area contributed by atoms with Crippen molar-refractivity contribution in [3.63, 3.8) is 0 Å². The zero-order valence-corrected chi connectivity index (χ0v) is 16.8. The molecule has 1 amide bonds. The Morgan fingerprint density at radius 1 is 0.962 bits per heavy atom. The molecule has 0 heterocycles. The SMILES string of the molecule is CC[C@H](Oc1cccc(C)c1C)C(=O)N[C@H](CC)c1ccc(C)c(C)c1. The second-order valence-electron chi connectivity index (χ2n) is 7.03. The summed E-state index contributed by atoms with van der Waals surface area (Å²) in [5.41, 5.74) is 5.90. The normalized spacial score (nSPS) is 13.2. The molecule has 140 valence electrons. The molecule has 0 radical (unpaired) electrons. The van der Waals surface area contributed by atoms with Gasteiger partial charge >= 0.3 is 0 Å². The highest BCUT2D eigenvalue weighted by molar-refractivity contribution is 5.81. The van der Waals surface area contributed by atoms with Crippen LogP contribution in [0.5, 0.6) is 5.75 Å². The fraction of sp³-hybridized carbons (Fsp3) is 0.435. The molecule has 3 heteroatoms. The molecule has 2 rings (SSSR count). The molecular formula is C23H31NO2. The van der Waals surface area contributed by atoms with Crippen LogP contribution in [-0.4, -0.2) is 12.0 Å². The van der Waals surface area contributed by atoms with E-state index in [0.717, 1.165) is 23.3 Å². The van der Waals surface area contributed by atoms with Gasteiger partial charge in [-0.15, -0.1) is 0 Å². The van der Waals surface area contributed by atoms with E-state index in [-0.39, 0.29) is 11.9 Å². The first-order chi connectivity index (χ1) is 12.4. The maximum atomic E-state index is 12.8. The minimum Gasteiger partial charge on any atom is -0.480 e. The number of amides is 1. The molecule has 0 aliphatic heterocycles. The van der Waals surface area contributed by atoms with Gasteiger partial charge in [0, 0.05) is 0 Å². The second kappa shape index (κ2) is 8.88. The highest BCUT2D eigenvalue weighted by Crippen LogP contribution is 2.24. The zero-order chi connectivity index (χ0) is 19.3. The van der Waals surface area contributed by atoms with Crippen molar-refractivity contribution in [2.45, 2.75) is 66.5 Å². The lowest BCUT2D eigenvalue weighted by molar-refractivity contribution is -0.129. The Kier molecular flexibility index (Phi) is 6.84. The van der Waals surface area contributed by atoms with Gasteiger partial charge in [-0.25, -0.2) is 0 Å². The van der Waals surface area contributed by atoms with Crippen LogP contribution in [0.25, 0.3) is 0 Å². The van der Waals surface area contributed by atoms with E-state index in [0.29, 0.717) is 6.42 Å². The van der Waals surface area contributed by atoms with Crippen molar-refractivity contribution in [3.05, 3.63) is 64.2 Å². The zero-order valence-electron chi connectivity index (χ0n) is 16.8. The highest BCUT2D eigenvalue weighted by atomic mass is 16.5. The van der Waals surface area contributed by atoms with E-state index in [9.17, 15) is 4.79 Å². The third kappa shape index (κ3) is 4.66. The summed E-state index contributed by atoms with van der Waals surface area (Å²) in [7, 11) is 0. The molecular weight excluding hydrogens is 322 g/mol. The van der Waals surface area contributed by atoms with Gasteiger partial charge in [0.05, 0.1) is 6.04 Å². The Labute approximate surface area is 157 Å². The van der Waals surface area contributed by atoms with E-state index >= 15 is 0 Å². The molecule has 1 N–H and O–H groups in total. The van der Waals surface area contributed by atoms with Crippen molar-refractivity contribution in [3.8, 4) is 5.75 Å². The minimum atomic E-state index is -0.490. The van der Waals surface area contributed by atoms with Gasteiger partial charge < -0.3 is 10.1 Å². The summed E-state index contributed by atoms with van der Waals surface area (Å²) in [5, 5.41) is 3.17. The van der Waals surface area contributed by atoms with Crippen LogP contribution in [0.15, 0.2) is 36.4 Å². The van der Waals surface area contributed by atoms with Crippen LogP contribution in [0.2, 0.25) is 0 Å². The van der Waals surface area contributed by atoms with Crippen LogP contribution in [-0.2, 0) is 4.79 Å². The van der Waals surface area contributed by atoms with E-state index in [2.05, 4.69) is 57.3 Å². The summed E-state index contributed by atoms with van der Waals surface area (Å²) < 4.78 is 6.05. The average Bonchev–Trinajstić information content (AvgIpc) is 2.63. The lowest BCUT2D eigenvalue weighted by Crippen LogP contribution is -2.40. The molecule has 0 spiro atoms. The van der Waals surface area contributed by atoms with Crippen LogP contribution < -0.4 is 10.1 Å². The van der Waals surface area contributed by atoms with Gasteiger partial charge in [-0.05, 0) is 74.4 Å². The highest BCUT2D eigenvalue weighted by Gasteiger charge is 2.22. The van der Waals surface area contributed by atoms with Gasteiger partial charge in [0.15, 0.2) is 6.10 Å². The summed E-state index contributed by atoms with van der Waals surface area (Å²) in [5.74, 6) is 0.727. The van der Waals surface area contributed by atoms with Gasteiger partial charge in [-0.3, -0.25) is 4.79 Å². The predicted octanol–water partition coefficient (Wildman–Crippen LogP) is 5.35. The number of hydrogen-bond donors (Lipinski definition) is 1. The van der Waals surface area contributed by atoms with Crippen molar-refractivity contribution in [2.75, 3.05) is 0 Å². The fourth-order valence-corrected chi connectivity index (χ4v) is 2.99. The molecule has 3 nitrogen and oxygen atoms in total. The van der Waals surface area contributed by atoms with Crippen LogP contribution >= 0.6 is 0 Å². The number of aryl methyl sites for hydroxylation is 3. The third-order valence-corrected chi connectivity index (χ3v) is 5.15. The topological polar surface area (TPSA) is 38.3 Å². The number of ether oxygens (including phenoxy) is 1. The summed E-state index contributed by atoms with van der Waals surface area (Å²) in [6, 6.07) is 12.3. The lowest BCUT2D eigenvalue weighted by atomic mass is 9.99. The number of carbonyl (C=O) groups is 1. The largest absolute Gasteiger partial charge is 0.480 e. The Morgan fingerprint density at radius 3 is 2.31 bits per heavy atom. The van der Waals surface area contributed by atoms with Crippen molar-refractivity contribution in [1.82, 2.24) is 5.32 Å². The van der Waals surface area contributed by atoms with Crippen molar-refractivity contribution >= 4 is 5.91 Å². The van der Waals surface area contributed by atoms with Gasteiger partial charge in [-0.2, -0.15) is 0 Å². The summed E-state index contributed by atoms with van der Waals surface area (Å²) in [6.45, 7) is 12.4. The quantitative estimate of drug-likeness (QED) is 0.729. The number of rotatable bonds is 7. The van der Waals surface area contributed by atoms with Crippen LogP contribution in [0, 0.1) is 27.7 Å². The van der Waals surface area contributed by atoms with E-state index in [1.54, 1.807) is 0 Å². The molecule has 2 atom stereocenters. The Balaban J connectivity index is 2.13. The second-order valence-corrected chi connectivity index (χ2v) is 7.03. The Hall–Kier alpha value is -2.29. The third-order valence-electron chi connectivity index (χ3n) is 5.15. The Morgan fingerprint density at radius 2 is 1.69 bits per heavy atom. The molecule has 0 bridgehead atoms. The molecule has 0 aliphatic rings. The van der Waals surface area contributed by atoms with E-state index in [4.69, 9.17) is 4.74 Å². The molecule has 0 unspecified atom stereocenters. The summed E-state index contributed by atoms with van der Waals surface area (Å²) >= 11 is 0. The molecule has 2 aromatic carbocycles. The van der Waals surface area contributed by atoms with Gasteiger partial charge in [-0.1, -0.05) is 44.2 Å².